The van der Waals surface area contributed by atoms with E-state index in [1.165, 1.54) is 19.2 Å². The summed E-state index contributed by atoms with van der Waals surface area (Å²) >= 11 is 0. The van der Waals surface area contributed by atoms with E-state index in [1.54, 1.807) is 6.07 Å². The largest absolute Gasteiger partial charge is 0.493 e. The van der Waals surface area contributed by atoms with E-state index in [2.05, 4.69) is 5.32 Å². The molecular formula is C13H15NO5. The molecule has 1 aromatic rings. The number of carboxylic acids is 1. The molecule has 6 nitrogen and oxygen atoms in total. The lowest BCUT2D eigenvalue weighted by Crippen LogP contribution is -2.30. The second-order valence-corrected chi connectivity index (χ2v) is 4.28. The Hall–Kier alpha value is -2.24. The van der Waals surface area contributed by atoms with Gasteiger partial charge in [-0.05, 0) is 24.6 Å². The van der Waals surface area contributed by atoms with E-state index in [9.17, 15) is 9.59 Å². The van der Waals surface area contributed by atoms with Gasteiger partial charge in [0.25, 0.3) is 0 Å². The average Bonchev–Trinajstić information content (AvgIpc) is 2.81. The van der Waals surface area contributed by atoms with Crippen LogP contribution in [0.5, 0.6) is 11.5 Å². The fourth-order valence-electron chi connectivity index (χ4n) is 1.92. The maximum atomic E-state index is 11.1. The second kappa shape index (κ2) is 5.60. The fourth-order valence-corrected chi connectivity index (χ4v) is 1.92. The molecule has 1 aliphatic rings. The lowest BCUT2D eigenvalue weighted by molar-refractivity contribution is -0.119. The van der Waals surface area contributed by atoms with E-state index < -0.39 is 5.97 Å². The van der Waals surface area contributed by atoms with Crippen molar-refractivity contribution >= 4 is 11.9 Å². The number of carbonyl (C=O) groups excluding carboxylic acids is 1. The summed E-state index contributed by atoms with van der Waals surface area (Å²) in [4.78, 5) is 22.0. The van der Waals surface area contributed by atoms with Gasteiger partial charge in [-0.3, -0.25) is 4.79 Å². The molecular weight excluding hydrogens is 250 g/mol. The summed E-state index contributed by atoms with van der Waals surface area (Å²) in [5.41, 5.74) is 0.131. The first-order valence-electron chi connectivity index (χ1n) is 5.93. The smallest absolute Gasteiger partial charge is 0.335 e. The van der Waals surface area contributed by atoms with Gasteiger partial charge in [0.2, 0.25) is 5.91 Å². The average molecular weight is 265 g/mol. The molecule has 0 spiro atoms. The molecule has 1 amide bonds. The van der Waals surface area contributed by atoms with Crippen LogP contribution in [0, 0.1) is 0 Å². The lowest BCUT2D eigenvalue weighted by atomic mass is 10.2. The molecule has 0 aromatic heterocycles. The van der Waals surface area contributed by atoms with E-state index in [1.807, 2.05) is 0 Å². The Morgan fingerprint density at radius 1 is 1.47 bits per heavy atom. The molecule has 19 heavy (non-hydrogen) atoms. The predicted octanol–water partition coefficient (Wildman–Crippen LogP) is 1.05. The maximum absolute atomic E-state index is 11.1. The van der Waals surface area contributed by atoms with Gasteiger partial charge in [0.05, 0.1) is 18.7 Å². The maximum Gasteiger partial charge on any atom is 0.335 e. The Morgan fingerprint density at radius 2 is 2.26 bits per heavy atom. The van der Waals surface area contributed by atoms with Crippen molar-refractivity contribution in [3.8, 4) is 11.5 Å². The van der Waals surface area contributed by atoms with Gasteiger partial charge in [0, 0.05) is 6.42 Å². The first-order valence-corrected chi connectivity index (χ1v) is 5.93. The number of nitrogens with one attached hydrogen (secondary N) is 1. The van der Waals surface area contributed by atoms with Crippen LogP contribution in [0.2, 0.25) is 0 Å². The summed E-state index contributed by atoms with van der Waals surface area (Å²) in [7, 11) is 1.49. The van der Waals surface area contributed by atoms with Gasteiger partial charge >= 0.3 is 5.97 Å². The molecule has 1 aromatic carbocycles. The normalized spacial score (nSPS) is 17.9. The summed E-state index contributed by atoms with van der Waals surface area (Å²) in [6, 6.07) is 4.38. The number of benzene rings is 1. The Kier molecular flexibility index (Phi) is 3.89. The predicted molar refractivity (Wildman–Crippen MR) is 66.6 cm³/mol. The number of carboxylic acid groups (broad SMARTS) is 1. The standard InChI is InChI=1S/C13H15NO5/c1-18-10-4-2-8(13(16)17)6-11(10)19-7-9-3-5-12(15)14-9/h2,4,6,9H,3,5,7H2,1H3,(H,14,15)(H,16,17). The van der Waals surface area contributed by atoms with Crippen LogP contribution in [0.1, 0.15) is 23.2 Å². The Morgan fingerprint density at radius 3 is 2.84 bits per heavy atom. The van der Waals surface area contributed by atoms with Crippen LogP contribution in [0.4, 0.5) is 0 Å². The molecule has 0 radical (unpaired) electrons. The fraction of sp³-hybridized carbons (Fsp3) is 0.385. The Labute approximate surface area is 110 Å². The van der Waals surface area contributed by atoms with E-state index in [0.29, 0.717) is 24.5 Å². The van der Waals surface area contributed by atoms with Gasteiger partial charge in [-0.2, -0.15) is 0 Å². The van der Waals surface area contributed by atoms with Crippen molar-refractivity contribution in [2.75, 3.05) is 13.7 Å². The zero-order chi connectivity index (χ0) is 13.8. The molecule has 1 atom stereocenters. The number of aromatic carboxylic acids is 1. The van der Waals surface area contributed by atoms with Crippen molar-refractivity contribution in [3.05, 3.63) is 23.8 Å². The van der Waals surface area contributed by atoms with Crippen LogP contribution in [0.3, 0.4) is 0 Å². The minimum Gasteiger partial charge on any atom is -0.493 e. The van der Waals surface area contributed by atoms with Crippen molar-refractivity contribution in [2.24, 2.45) is 0 Å². The number of methoxy groups -OCH3 is 1. The highest BCUT2D eigenvalue weighted by Crippen LogP contribution is 2.28. The molecule has 1 unspecified atom stereocenters. The third-order valence-corrected chi connectivity index (χ3v) is 2.94. The van der Waals surface area contributed by atoms with Crippen molar-refractivity contribution in [2.45, 2.75) is 18.9 Å². The topological polar surface area (TPSA) is 84.9 Å². The van der Waals surface area contributed by atoms with E-state index in [-0.39, 0.29) is 17.5 Å². The molecule has 102 valence electrons. The van der Waals surface area contributed by atoms with Crippen LogP contribution in [-0.4, -0.2) is 36.7 Å². The Bertz CT molecular complexity index is 500. The zero-order valence-corrected chi connectivity index (χ0v) is 10.5. The minimum absolute atomic E-state index is 0.0138. The third kappa shape index (κ3) is 3.15. The minimum atomic E-state index is -1.03. The highest BCUT2D eigenvalue weighted by atomic mass is 16.5. The number of carbonyl (C=O) groups is 2. The first-order chi connectivity index (χ1) is 9.10. The van der Waals surface area contributed by atoms with E-state index in [0.717, 1.165) is 6.42 Å². The van der Waals surface area contributed by atoms with Gasteiger partial charge in [-0.15, -0.1) is 0 Å². The van der Waals surface area contributed by atoms with Gasteiger partial charge in [-0.1, -0.05) is 0 Å². The van der Waals surface area contributed by atoms with Crippen LogP contribution >= 0.6 is 0 Å². The van der Waals surface area contributed by atoms with E-state index >= 15 is 0 Å². The lowest BCUT2D eigenvalue weighted by Gasteiger charge is -2.14. The van der Waals surface area contributed by atoms with Crippen molar-refractivity contribution in [3.63, 3.8) is 0 Å². The van der Waals surface area contributed by atoms with Crippen molar-refractivity contribution in [1.82, 2.24) is 5.32 Å². The van der Waals surface area contributed by atoms with E-state index in [4.69, 9.17) is 14.6 Å². The molecule has 1 aliphatic heterocycles. The molecule has 0 saturated carbocycles. The molecule has 6 heteroatoms. The number of amides is 1. The van der Waals surface area contributed by atoms with Crippen molar-refractivity contribution in [1.29, 1.82) is 0 Å². The van der Waals surface area contributed by atoms with Gasteiger partial charge in [0.1, 0.15) is 6.61 Å². The molecule has 1 fully saturated rings. The van der Waals surface area contributed by atoms with Gasteiger partial charge < -0.3 is 19.9 Å². The molecule has 0 bridgehead atoms. The van der Waals surface area contributed by atoms with Gasteiger partial charge in [0.15, 0.2) is 11.5 Å². The monoisotopic (exact) mass is 265 g/mol. The van der Waals surface area contributed by atoms with Crippen LogP contribution < -0.4 is 14.8 Å². The summed E-state index contributed by atoms with van der Waals surface area (Å²) in [5.74, 6) is -0.181. The van der Waals surface area contributed by atoms with Crippen LogP contribution in [-0.2, 0) is 4.79 Å². The molecule has 0 aliphatic carbocycles. The SMILES string of the molecule is COc1ccc(C(=O)O)cc1OCC1CCC(=O)N1. The van der Waals surface area contributed by atoms with Crippen LogP contribution in [0.25, 0.3) is 0 Å². The van der Waals surface area contributed by atoms with Gasteiger partial charge in [-0.25, -0.2) is 4.79 Å². The quantitative estimate of drug-likeness (QED) is 0.831. The number of ether oxygens (including phenoxy) is 2. The Balaban J connectivity index is 2.07. The van der Waals surface area contributed by atoms with Crippen molar-refractivity contribution < 1.29 is 24.2 Å². The number of rotatable bonds is 5. The highest BCUT2D eigenvalue weighted by Gasteiger charge is 2.21. The number of hydrogen-bond acceptors (Lipinski definition) is 4. The number of hydrogen-bond donors (Lipinski definition) is 2. The molecule has 2 rings (SSSR count). The summed E-state index contributed by atoms with van der Waals surface area (Å²) in [6.07, 6.45) is 1.22. The molecule has 2 N–H and O–H groups in total. The highest BCUT2D eigenvalue weighted by molar-refractivity contribution is 5.88. The first kappa shape index (κ1) is 13.2. The molecule has 1 saturated heterocycles. The second-order valence-electron chi connectivity index (χ2n) is 4.28. The van der Waals surface area contributed by atoms with Crippen LogP contribution in [0.15, 0.2) is 18.2 Å². The summed E-state index contributed by atoms with van der Waals surface area (Å²) in [5, 5.41) is 11.7. The molecule has 1 heterocycles. The third-order valence-electron chi connectivity index (χ3n) is 2.94. The zero-order valence-electron chi connectivity index (χ0n) is 10.5. The summed E-state index contributed by atoms with van der Waals surface area (Å²) < 4.78 is 10.7. The summed E-state index contributed by atoms with van der Waals surface area (Å²) in [6.45, 7) is 0.297.